The molecule has 0 radical (unpaired) electrons. The van der Waals surface area contributed by atoms with Crippen molar-refractivity contribution < 1.29 is 9.18 Å². The van der Waals surface area contributed by atoms with Gasteiger partial charge in [-0.15, -0.1) is 0 Å². The fraction of sp³-hybridized carbons (Fsp3) is 0.250. The van der Waals surface area contributed by atoms with Crippen molar-refractivity contribution in [3.05, 3.63) is 71.3 Å². The van der Waals surface area contributed by atoms with Crippen molar-refractivity contribution >= 4 is 17.5 Å². The van der Waals surface area contributed by atoms with Crippen LogP contribution in [0.4, 0.5) is 16.0 Å². The van der Waals surface area contributed by atoms with Gasteiger partial charge < -0.3 is 10.2 Å². The standard InChI is InChI=1S/C20H22FN5O/c1-14-10-16(4-6-17(14)21)13-26-9-8-18(24-26)23-20(27)11-15-5-7-19(22-12-15)25(2)3/h4-10,12H,11,13H2,1-3H3,(H,23,24,27). The SMILES string of the molecule is Cc1cc(Cn2ccc(NC(=O)Cc3ccc(N(C)C)nc3)n2)ccc1F. The summed E-state index contributed by atoms with van der Waals surface area (Å²) in [5.41, 5.74) is 2.38. The molecule has 6 nitrogen and oxygen atoms in total. The molecule has 7 heteroatoms. The molecular formula is C20H22FN5O. The van der Waals surface area contributed by atoms with E-state index in [1.54, 1.807) is 42.2 Å². The van der Waals surface area contributed by atoms with Gasteiger partial charge >= 0.3 is 0 Å². The van der Waals surface area contributed by atoms with Crippen molar-refractivity contribution in [3.8, 4) is 0 Å². The number of amides is 1. The molecule has 0 aliphatic heterocycles. The summed E-state index contributed by atoms with van der Waals surface area (Å²) in [7, 11) is 3.83. The topological polar surface area (TPSA) is 63.1 Å². The Morgan fingerprint density at radius 2 is 1.96 bits per heavy atom. The van der Waals surface area contributed by atoms with E-state index in [4.69, 9.17) is 0 Å². The number of rotatable bonds is 6. The number of aryl methyl sites for hydroxylation is 1. The van der Waals surface area contributed by atoms with E-state index in [-0.39, 0.29) is 18.1 Å². The number of halogens is 1. The highest BCUT2D eigenvalue weighted by Gasteiger charge is 2.08. The molecule has 3 rings (SSSR count). The van der Waals surface area contributed by atoms with Gasteiger partial charge in [-0.05, 0) is 35.7 Å². The minimum Gasteiger partial charge on any atom is -0.363 e. The number of aromatic nitrogens is 3. The van der Waals surface area contributed by atoms with Gasteiger partial charge in [-0.2, -0.15) is 5.10 Å². The molecule has 0 aliphatic rings. The Morgan fingerprint density at radius 3 is 2.63 bits per heavy atom. The molecule has 1 N–H and O–H groups in total. The summed E-state index contributed by atoms with van der Waals surface area (Å²) >= 11 is 0. The van der Waals surface area contributed by atoms with Gasteiger partial charge in [0, 0.05) is 32.6 Å². The molecule has 140 valence electrons. The van der Waals surface area contributed by atoms with E-state index in [1.165, 1.54) is 6.07 Å². The molecule has 2 heterocycles. The van der Waals surface area contributed by atoms with Crippen LogP contribution in [0.25, 0.3) is 0 Å². The average Bonchev–Trinajstić information content (AvgIpc) is 3.05. The predicted molar refractivity (Wildman–Crippen MR) is 103 cm³/mol. The largest absolute Gasteiger partial charge is 0.363 e. The van der Waals surface area contributed by atoms with Gasteiger partial charge in [0.25, 0.3) is 0 Å². The molecule has 0 saturated carbocycles. The zero-order valence-electron chi connectivity index (χ0n) is 15.6. The smallest absolute Gasteiger partial charge is 0.230 e. The third kappa shape index (κ3) is 4.91. The molecule has 2 aromatic heterocycles. The normalized spacial score (nSPS) is 10.7. The Kier molecular flexibility index (Phi) is 5.49. The van der Waals surface area contributed by atoms with Crippen LogP contribution in [0, 0.1) is 12.7 Å². The van der Waals surface area contributed by atoms with Crippen molar-refractivity contribution in [1.82, 2.24) is 14.8 Å². The molecular weight excluding hydrogens is 345 g/mol. The van der Waals surface area contributed by atoms with E-state index in [1.807, 2.05) is 31.1 Å². The number of nitrogens with one attached hydrogen (secondary N) is 1. The second kappa shape index (κ2) is 7.99. The van der Waals surface area contributed by atoms with E-state index in [0.717, 1.165) is 16.9 Å². The maximum Gasteiger partial charge on any atom is 0.230 e. The summed E-state index contributed by atoms with van der Waals surface area (Å²) in [6, 6.07) is 10.5. The lowest BCUT2D eigenvalue weighted by molar-refractivity contribution is -0.115. The summed E-state index contributed by atoms with van der Waals surface area (Å²) in [4.78, 5) is 18.4. The predicted octanol–water partition coefficient (Wildman–Crippen LogP) is 3.02. The molecule has 0 atom stereocenters. The van der Waals surface area contributed by atoms with Crippen molar-refractivity contribution in [1.29, 1.82) is 0 Å². The van der Waals surface area contributed by atoms with Gasteiger partial charge in [0.05, 0.1) is 13.0 Å². The number of pyridine rings is 1. The molecule has 0 fully saturated rings. The van der Waals surface area contributed by atoms with Crippen LogP contribution in [-0.4, -0.2) is 34.8 Å². The van der Waals surface area contributed by atoms with E-state index >= 15 is 0 Å². The van der Waals surface area contributed by atoms with Gasteiger partial charge in [-0.25, -0.2) is 9.37 Å². The maximum absolute atomic E-state index is 13.3. The molecule has 0 aliphatic carbocycles. The summed E-state index contributed by atoms with van der Waals surface area (Å²) in [6.07, 6.45) is 3.71. The lowest BCUT2D eigenvalue weighted by Crippen LogP contribution is -2.16. The van der Waals surface area contributed by atoms with Crippen LogP contribution >= 0.6 is 0 Å². The van der Waals surface area contributed by atoms with Crippen LogP contribution < -0.4 is 10.2 Å². The summed E-state index contributed by atoms with van der Waals surface area (Å²) in [6.45, 7) is 2.24. The zero-order valence-corrected chi connectivity index (χ0v) is 15.6. The highest BCUT2D eigenvalue weighted by molar-refractivity contribution is 5.91. The number of anilines is 2. The first-order valence-corrected chi connectivity index (χ1v) is 8.61. The van der Waals surface area contributed by atoms with E-state index in [9.17, 15) is 9.18 Å². The van der Waals surface area contributed by atoms with E-state index < -0.39 is 0 Å². The third-order valence-electron chi connectivity index (χ3n) is 4.11. The quantitative estimate of drug-likeness (QED) is 0.727. The van der Waals surface area contributed by atoms with Crippen LogP contribution in [0.3, 0.4) is 0 Å². The van der Waals surface area contributed by atoms with Gasteiger partial charge in [-0.3, -0.25) is 9.48 Å². The monoisotopic (exact) mass is 367 g/mol. The minimum absolute atomic E-state index is 0.155. The molecule has 0 spiro atoms. The minimum atomic E-state index is -0.222. The van der Waals surface area contributed by atoms with Crippen molar-refractivity contribution in [2.75, 3.05) is 24.3 Å². The van der Waals surface area contributed by atoms with Crippen molar-refractivity contribution in [2.45, 2.75) is 19.9 Å². The lowest BCUT2D eigenvalue weighted by atomic mass is 10.1. The highest BCUT2D eigenvalue weighted by Crippen LogP contribution is 2.12. The molecule has 0 bridgehead atoms. The molecule has 0 saturated heterocycles. The number of hydrogen-bond acceptors (Lipinski definition) is 4. The van der Waals surface area contributed by atoms with Crippen LogP contribution in [-0.2, 0) is 17.8 Å². The van der Waals surface area contributed by atoms with Crippen LogP contribution in [0.2, 0.25) is 0 Å². The average molecular weight is 367 g/mol. The Labute approximate surface area is 157 Å². The summed E-state index contributed by atoms with van der Waals surface area (Å²) in [5.74, 6) is 0.947. The van der Waals surface area contributed by atoms with Crippen LogP contribution in [0.5, 0.6) is 0 Å². The second-order valence-corrected chi connectivity index (χ2v) is 6.63. The molecule has 1 amide bonds. The molecule has 3 aromatic rings. The molecule has 1 aromatic carbocycles. The first-order chi connectivity index (χ1) is 12.9. The van der Waals surface area contributed by atoms with Gasteiger partial charge in [0.1, 0.15) is 11.6 Å². The first kappa shape index (κ1) is 18.6. The Balaban J connectivity index is 1.58. The Morgan fingerprint density at radius 1 is 1.19 bits per heavy atom. The number of carbonyl (C=O) groups is 1. The third-order valence-corrected chi connectivity index (χ3v) is 4.11. The number of nitrogens with zero attached hydrogens (tertiary/aromatic N) is 4. The maximum atomic E-state index is 13.3. The molecule has 0 unspecified atom stereocenters. The Bertz CT molecular complexity index is 934. The van der Waals surface area contributed by atoms with E-state index in [0.29, 0.717) is 17.9 Å². The van der Waals surface area contributed by atoms with E-state index in [2.05, 4.69) is 15.4 Å². The van der Waals surface area contributed by atoms with Crippen LogP contribution in [0.1, 0.15) is 16.7 Å². The number of hydrogen-bond donors (Lipinski definition) is 1. The number of carbonyl (C=O) groups excluding carboxylic acids is 1. The van der Waals surface area contributed by atoms with Gasteiger partial charge in [0.2, 0.25) is 5.91 Å². The fourth-order valence-electron chi connectivity index (χ4n) is 2.67. The Hall–Kier alpha value is -3.22. The van der Waals surface area contributed by atoms with Gasteiger partial charge in [0.15, 0.2) is 5.82 Å². The number of benzene rings is 1. The summed E-state index contributed by atoms with van der Waals surface area (Å²) in [5, 5.41) is 7.13. The van der Waals surface area contributed by atoms with Crippen molar-refractivity contribution in [3.63, 3.8) is 0 Å². The molecule has 27 heavy (non-hydrogen) atoms. The zero-order chi connectivity index (χ0) is 19.4. The summed E-state index contributed by atoms with van der Waals surface area (Å²) < 4.78 is 15.1. The fourth-order valence-corrected chi connectivity index (χ4v) is 2.67. The first-order valence-electron chi connectivity index (χ1n) is 8.61. The lowest BCUT2D eigenvalue weighted by Gasteiger charge is -2.11. The van der Waals surface area contributed by atoms with Gasteiger partial charge in [-0.1, -0.05) is 18.2 Å². The highest BCUT2D eigenvalue weighted by atomic mass is 19.1. The second-order valence-electron chi connectivity index (χ2n) is 6.63. The van der Waals surface area contributed by atoms with Crippen molar-refractivity contribution in [2.24, 2.45) is 0 Å². The van der Waals surface area contributed by atoms with Crippen LogP contribution in [0.15, 0.2) is 48.8 Å².